The van der Waals surface area contributed by atoms with E-state index in [1.165, 1.54) is 0 Å². The quantitative estimate of drug-likeness (QED) is 0.487. The SMILES string of the molecule is COc1ccc(CC(=O)N2CCc3nc(N4CCN(C)CC4)nc(Oc4ccccc4OC)c3C2)cc1. The van der Waals surface area contributed by atoms with Crippen LogP contribution in [-0.2, 0) is 24.2 Å². The van der Waals surface area contributed by atoms with E-state index in [1.807, 2.05) is 53.4 Å². The lowest BCUT2D eigenvalue weighted by atomic mass is 10.0. The van der Waals surface area contributed by atoms with E-state index in [0.717, 1.165) is 48.7 Å². The lowest BCUT2D eigenvalue weighted by Gasteiger charge is -2.34. The molecule has 1 amide bonds. The Morgan fingerprint density at radius 3 is 2.32 bits per heavy atom. The molecule has 0 atom stereocenters. The minimum absolute atomic E-state index is 0.0576. The molecule has 1 fully saturated rings. The maximum atomic E-state index is 13.2. The molecule has 0 unspecified atom stereocenters. The van der Waals surface area contributed by atoms with Crippen molar-refractivity contribution in [3.05, 3.63) is 65.4 Å². The first kappa shape index (κ1) is 24.8. The van der Waals surface area contributed by atoms with Crippen LogP contribution in [0, 0.1) is 0 Å². The average molecular weight is 504 g/mol. The number of aromatic nitrogens is 2. The first-order chi connectivity index (χ1) is 18.0. The fraction of sp³-hybridized carbons (Fsp3) is 0.393. The molecule has 0 bridgehead atoms. The number of para-hydroxylation sites is 2. The van der Waals surface area contributed by atoms with Crippen LogP contribution >= 0.6 is 0 Å². The van der Waals surface area contributed by atoms with Crippen molar-refractivity contribution in [3.63, 3.8) is 0 Å². The zero-order chi connectivity index (χ0) is 25.8. The fourth-order valence-corrected chi connectivity index (χ4v) is 4.65. The van der Waals surface area contributed by atoms with E-state index in [1.54, 1.807) is 14.2 Å². The molecule has 0 N–H and O–H groups in total. The predicted molar refractivity (Wildman–Crippen MR) is 141 cm³/mol. The molecule has 9 heteroatoms. The Kier molecular flexibility index (Phi) is 7.41. The molecule has 3 aromatic rings. The third kappa shape index (κ3) is 5.61. The molecule has 37 heavy (non-hydrogen) atoms. The van der Waals surface area contributed by atoms with Gasteiger partial charge in [0.15, 0.2) is 11.5 Å². The molecule has 1 saturated heterocycles. The summed E-state index contributed by atoms with van der Waals surface area (Å²) in [5.41, 5.74) is 2.73. The number of piperazine rings is 1. The topological polar surface area (TPSA) is 80.3 Å². The second kappa shape index (κ2) is 11.0. The molecule has 0 radical (unpaired) electrons. The Labute approximate surface area is 217 Å². The van der Waals surface area contributed by atoms with Gasteiger partial charge in [-0.05, 0) is 36.9 Å². The highest BCUT2D eigenvalue weighted by Gasteiger charge is 2.29. The van der Waals surface area contributed by atoms with Crippen LogP contribution < -0.4 is 19.1 Å². The number of nitrogens with zero attached hydrogens (tertiary/aromatic N) is 5. The number of rotatable bonds is 7. The van der Waals surface area contributed by atoms with Crippen molar-refractivity contribution in [2.24, 2.45) is 0 Å². The van der Waals surface area contributed by atoms with E-state index in [4.69, 9.17) is 24.2 Å². The third-order valence-electron chi connectivity index (χ3n) is 6.94. The predicted octanol–water partition coefficient (Wildman–Crippen LogP) is 3.17. The summed E-state index contributed by atoms with van der Waals surface area (Å²) in [7, 11) is 5.37. The average Bonchev–Trinajstić information content (AvgIpc) is 2.94. The van der Waals surface area contributed by atoms with Gasteiger partial charge in [-0.1, -0.05) is 24.3 Å². The molecule has 2 aromatic carbocycles. The third-order valence-corrected chi connectivity index (χ3v) is 6.94. The maximum Gasteiger partial charge on any atom is 0.229 e. The molecule has 5 rings (SSSR count). The fourth-order valence-electron chi connectivity index (χ4n) is 4.65. The Morgan fingerprint density at radius 2 is 1.62 bits per heavy atom. The van der Waals surface area contributed by atoms with Gasteiger partial charge in [0.25, 0.3) is 0 Å². The number of ether oxygens (including phenoxy) is 3. The van der Waals surface area contributed by atoms with Crippen LogP contribution in [-0.4, -0.2) is 79.7 Å². The van der Waals surface area contributed by atoms with Crippen molar-refractivity contribution in [1.82, 2.24) is 19.8 Å². The number of likely N-dealkylation sites (N-methyl/N-ethyl adjacent to an activating group) is 1. The zero-order valence-corrected chi connectivity index (χ0v) is 21.6. The molecule has 2 aliphatic rings. The number of carbonyl (C=O) groups excluding carboxylic acids is 1. The Balaban J connectivity index is 1.42. The molecule has 1 aromatic heterocycles. The highest BCUT2D eigenvalue weighted by atomic mass is 16.5. The van der Waals surface area contributed by atoms with Gasteiger partial charge in [-0.15, -0.1) is 0 Å². The van der Waals surface area contributed by atoms with Gasteiger partial charge < -0.3 is 28.9 Å². The van der Waals surface area contributed by atoms with Gasteiger partial charge >= 0.3 is 0 Å². The van der Waals surface area contributed by atoms with Gasteiger partial charge in [0.05, 0.1) is 38.4 Å². The number of methoxy groups -OCH3 is 2. The van der Waals surface area contributed by atoms with Crippen molar-refractivity contribution in [2.75, 3.05) is 58.9 Å². The maximum absolute atomic E-state index is 13.2. The molecule has 0 aliphatic carbocycles. The summed E-state index contributed by atoms with van der Waals surface area (Å²) >= 11 is 0. The first-order valence-corrected chi connectivity index (χ1v) is 12.6. The van der Waals surface area contributed by atoms with E-state index in [-0.39, 0.29) is 5.91 Å². The van der Waals surface area contributed by atoms with Crippen molar-refractivity contribution in [2.45, 2.75) is 19.4 Å². The monoisotopic (exact) mass is 503 g/mol. The van der Waals surface area contributed by atoms with Crippen molar-refractivity contribution < 1.29 is 19.0 Å². The van der Waals surface area contributed by atoms with Crippen LogP contribution in [0.15, 0.2) is 48.5 Å². The second-order valence-electron chi connectivity index (χ2n) is 9.39. The van der Waals surface area contributed by atoms with Crippen molar-refractivity contribution in [1.29, 1.82) is 0 Å². The van der Waals surface area contributed by atoms with Crippen molar-refractivity contribution >= 4 is 11.9 Å². The lowest BCUT2D eigenvalue weighted by Crippen LogP contribution is -2.45. The minimum atomic E-state index is 0.0576. The first-order valence-electron chi connectivity index (χ1n) is 12.6. The molecular formula is C28H33N5O4. The van der Waals surface area contributed by atoms with Gasteiger partial charge in [-0.3, -0.25) is 4.79 Å². The minimum Gasteiger partial charge on any atom is -0.497 e. The van der Waals surface area contributed by atoms with Crippen LogP contribution in [0.25, 0.3) is 0 Å². The number of hydrogen-bond acceptors (Lipinski definition) is 8. The molecule has 9 nitrogen and oxygen atoms in total. The van der Waals surface area contributed by atoms with Gasteiger partial charge in [0, 0.05) is 39.1 Å². The normalized spacial score (nSPS) is 15.8. The van der Waals surface area contributed by atoms with E-state index in [0.29, 0.717) is 49.3 Å². The summed E-state index contributed by atoms with van der Waals surface area (Å²) in [6, 6.07) is 15.1. The number of fused-ring (bicyclic) bond motifs is 1. The summed E-state index contributed by atoms with van der Waals surface area (Å²) in [6.45, 7) is 4.63. The highest BCUT2D eigenvalue weighted by molar-refractivity contribution is 5.79. The van der Waals surface area contributed by atoms with Crippen LogP contribution in [0.5, 0.6) is 23.1 Å². The lowest BCUT2D eigenvalue weighted by molar-refractivity contribution is -0.131. The van der Waals surface area contributed by atoms with Crippen molar-refractivity contribution in [3.8, 4) is 23.1 Å². The van der Waals surface area contributed by atoms with Gasteiger partial charge in [-0.2, -0.15) is 4.98 Å². The smallest absolute Gasteiger partial charge is 0.229 e. The van der Waals surface area contributed by atoms with Crippen LogP contribution in [0.2, 0.25) is 0 Å². The summed E-state index contributed by atoms with van der Waals surface area (Å²) in [5.74, 6) is 3.19. The summed E-state index contributed by atoms with van der Waals surface area (Å²) in [4.78, 5) is 29.4. The summed E-state index contributed by atoms with van der Waals surface area (Å²) in [6.07, 6.45) is 0.970. The van der Waals surface area contributed by atoms with E-state index in [2.05, 4.69) is 16.8 Å². The van der Waals surface area contributed by atoms with E-state index < -0.39 is 0 Å². The molecule has 2 aliphatic heterocycles. The molecule has 3 heterocycles. The largest absolute Gasteiger partial charge is 0.497 e. The van der Waals surface area contributed by atoms with E-state index in [9.17, 15) is 4.79 Å². The number of carbonyl (C=O) groups is 1. The standard InChI is InChI=1S/C28H33N5O4/c1-31-14-16-32(17-15-31)28-29-23-12-13-33(26(34)18-20-8-10-21(35-2)11-9-20)19-22(23)27(30-28)37-25-7-5-4-6-24(25)36-3/h4-11H,12-19H2,1-3H3. The molecule has 0 saturated carbocycles. The van der Waals surface area contributed by atoms with Gasteiger partial charge in [-0.25, -0.2) is 4.98 Å². The molecular weight excluding hydrogens is 470 g/mol. The highest BCUT2D eigenvalue weighted by Crippen LogP contribution is 2.35. The zero-order valence-electron chi connectivity index (χ0n) is 21.6. The second-order valence-corrected chi connectivity index (χ2v) is 9.39. The van der Waals surface area contributed by atoms with Gasteiger partial charge in [0.2, 0.25) is 17.7 Å². The molecule has 194 valence electrons. The summed E-state index contributed by atoms with van der Waals surface area (Å²) in [5, 5.41) is 0. The van der Waals surface area contributed by atoms with E-state index >= 15 is 0 Å². The Bertz CT molecular complexity index is 1240. The Morgan fingerprint density at radius 1 is 0.892 bits per heavy atom. The van der Waals surface area contributed by atoms with Crippen LogP contribution in [0.1, 0.15) is 16.8 Å². The summed E-state index contributed by atoms with van der Waals surface area (Å²) < 4.78 is 17.1. The number of amides is 1. The number of hydrogen-bond donors (Lipinski definition) is 0. The Hall–Kier alpha value is -3.85. The van der Waals surface area contributed by atoms with Crippen LogP contribution in [0.3, 0.4) is 0 Å². The number of benzene rings is 2. The molecule has 0 spiro atoms. The van der Waals surface area contributed by atoms with Crippen LogP contribution in [0.4, 0.5) is 5.95 Å². The number of anilines is 1. The van der Waals surface area contributed by atoms with Gasteiger partial charge in [0.1, 0.15) is 5.75 Å².